The number of rotatable bonds is 4. The summed E-state index contributed by atoms with van der Waals surface area (Å²) >= 11 is 3.51. The van der Waals surface area contributed by atoms with Gasteiger partial charge < -0.3 is 10.8 Å². The number of hydrogen-bond donors (Lipinski definition) is 2. The highest BCUT2D eigenvalue weighted by Crippen LogP contribution is 2.43. The Morgan fingerprint density at radius 3 is 2.33 bits per heavy atom. The largest absolute Gasteiger partial charge is 0.393 e. The van der Waals surface area contributed by atoms with E-state index < -0.39 is 0 Å². The molecule has 116 valence electrons. The van der Waals surface area contributed by atoms with Gasteiger partial charge in [-0.25, -0.2) is 0 Å². The second-order valence-corrected chi connectivity index (χ2v) is 7.44. The molecule has 21 heavy (non-hydrogen) atoms. The Morgan fingerprint density at radius 2 is 1.81 bits per heavy atom. The first-order chi connectivity index (χ1) is 10.1. The summed E-state index contributed by atoms with van der Waals surface area (Å²) in [6.07, 6.45) is 5.05. The molecule has 3 rings (SSSR count). The van der Waals surface area contributed by atoms with Crippen molar-refractivity contribution in [1.82, 2.24) is 4.90 Å². The van der Waals surface area contributed by atoms with Crippen LogP contribution in [0, 0.1) is 0 Å². The number of hydrogen-bond acceptors (Lipinski definition) is 3. The molecule has 0 aromatic heterocycles. The summed E-state index contributed by atoms with van der Waals surface area (Å²) in [6, 6.07) is 9.98. The smallest absolute Gasteiger partial charge is 0.0570 e. The van der Waals surface area contributed by atoms with Gasteiger partial charge in [-0.1, -0.05) is 35.0 Å². The normalized spacial score (nSPS) is 32.1. The van der Waals surface area contributed by atoms with Crippen molar-refractivity contribution >= 4 is 15.9 Å². The van der Waals surface area contributed by atoms with E-state index in [2.05, 4.69) is 52.0 Å². The van der Waals surface area contributed by atoms with Crippen LogP contribution in [0.15, 0.2) is 28.7 Å². The summed E-state index contributed by atoms with van der Waals surface area (Å²) in [7, 11) is 0. The van der Waals surface area contributed by atoms with E-state index in [1.165, 1.54) is 18.4 Å². The standard InChI is InChI=1S/C17H25BrN2O/c1-2-16(19)17(11-3-5-12(18)6-4-11)20-13-7-8-14(20)10-15(21)9-13/h3-6,13-17,21H,2,7-10,19H2,1H3. The zero-order valence-electron chi connectivity index (χ0n) is 12.6. The Balaban J connectivity index is 1.91. The Kier molecular flexibility index (Phi) is 4.69. The zero-order valence-corrected chi connectivity index (χ0v) is 14.2. The van der Waals surface area contributed by atoms with Crippen molar-refractivity contribution < 1.29 is 5.11 Å². The predicted octanol–water partition coefficient (Wildman–Crippen LogP) is 3.22. The first-order valence-electron chi connectivity index (χ1n) is 8.06. The molecule has 1 aromatic carbocycles. The van der Waals surface area contributed by atoms with Crippen molar-refractivity contribution in [3.63, 3.8) is 0 Å². The number of piperidine rings is 1. The van der Waals surface area contributed by atoms with Crippen molar-refractivity contribution in [2.75, 3.05) is 0 Å². The fourth-order valence-electron chi connectivity index (χ4n) is 4.16. The molecule has 2 aliphatic heterocycles. The van der Waals surface area contributed by atoms with Crippen LogP contribution in [0.1, 0.15) is 50.6 Å². The van der Waals surface area contributed by atoms with Crippen LogP contribution in [0.5, 0.6) is 0 Å². The predicted molar refractivity (Wildman–Crippen MR) is 89.0 cm³/mol. The van der Waals surface area contributed by atoms with E-state index in [0.29, 0.717) is 12.1 Å². The van der Waals surface area contributed by atoms with Gasteiger partial charge in [0.25, 0.3) is 0 Å². The topological polar surface area (TPSA) is 49.5 Å². The second-order valence-electron chi connectivity index (χ2n) is 6.53. The summed E-state index contributed by atoms with van der Waals surface area (Å²) in [5.41, 5.74) is 7.80. The lowest BCUT2D eigenvalue weighted by molar-refractivity contribution is 0.00231. The van der Waals surface area contributed by atoms with Gasteiger partial charge in [0.05, 0.1) is 12.1 Å². The molecule has 4 atom stereocenters. The number of benzene rings is 1. The molecule has 1 aromatic rings. The van der Waals surface area contributed by atoms with Gasteiger partial charge in [-0.05, 0) is 49.8 Å². The van der Waals surface area contributed by atoms with Crippen LogP contribution in [0.2, 0.25) is 0 Å². The van der Waals surface area contributed by atoms with Crippen molar-refractivity contribution in [3.05, 3.63) is 34.3 Å². The molecule has 2 saturated heterocycles. The molecule has 3 nitrogen and oxygen atoms in total. The lowest BCUT2D eigenvalue weighted by Gasteiger charge is -2.44. The highest BCUT2D eigenvalue weighted by atomic mass is 79.9. The van der Waals surface area contributed by atoms with E-state index in [1.807, 2.05) is 0 Å². The molecule has 3 N–H and O–H groups in total. The van der Waals surface area contributed by atoms with Gasteiger partial charge in [0.1, 0.15) is 0 Å². The van der Waals surface area contributed by atoms with Crippen LogP contribution >= 0.6 is 15.9 Å². The summed E-state index contributed by atoms with van der Waals surface area (Å²) < 4.78 is 1.10. The number of aliphatic hydroxyl groups is 1. The molecule has 0 radical (unpaired) electrons. The minimum absolute atomic E-state index is 0.123. The van der Waals surface area contributed by atoms with Gasteiger partial charge >= 0.3 is 0 Å². The highest BCUT2D eigenvalue weighted by molar-refractivity contribution is 9.10. The molecule has 2 fully saturated rings. The molecule has 2 bridgehead atoms. The van der Waals surface area contributed by atoms with E-state index >= 15 is 0 Å². The second kappa shape index (κ2) is 6.37. The molecule has 2 heterocycles. The van der Waals surface area contributed by atoms with Gasteiger partial charge in [-0.3, -0.25) is 4.90 Å². The van der Waals surface area contributed by atoms with Gasteiger partial charge in [0.2, 0.25) is 0 Å². The van der Waals surface area contributed by atoms with Crippen LogP contribution in [-0.2, 0) is 0 Å². The van der Waals surface area contributed by atoms with Crippen LogP contribution in [0.25, 0.3) is 0 Å². The van der Waals surface area contributed by atoms with Crippen LogP contribution in [-0.4, -0.2) is 34.2 Å². The molecule has 0 spiro atoms. The minimum Gasteiger partial charge on any atom is -0.393 e. The SMILES string of the molecule is CCC(N)C(c1ccc(Br)cc1)N1C2CCC1CC(O)C2. The van der Waals surface area contributed by atoms with Crippen molar-refractivity contribution in [1.29, 1.82) is 0 Å². The van der Waals surface area contributed by atoms with Gasteiger partial charge in [0, 0.05) is 22.6 Å². The Hall–Kier alpha value is -0.420. The average molecular weight is 353 g/mol. The number of fused-ring (bicyclic) bond motifs is 2. The summed E-state index contributed by atoms with van der Waals surface area (Å²) in [4.78, 5) is 2.62. The molecule has 0 saturated carbocycles. The number of aliphatic hydroxyl groups excluding tert-OH is 1. The molecule has 0 amide bonds. The van der Waals surface area contributed by atoms with Gasteiger partial charge in [-0.2, -0.15) is 0 Å². The Morgan fingerprint density at radius 1 is 1.24 bits per heavy atom. The third-order valence-corrected chi connectivity index (χ3v) is 5.70. The third-order valence-electron chi connectivity index (χ3n) is 5.17. The first-order valence-corrected chi connectivity index (χ1v) is 8.86. The number of nitrogens with zero attached hydrogens (tertiary/aromatic N) is 1. The maximum atomic E-state index is 10.0. The molecule has 4 unspecified atom stereocenters. The van der Waals surface area contributed by atoms with E-state index in [0.717, 1.165) is 23.7 Å². The number of halogens is 1. The van der Waals surface area contributed by atoms with E-state index in [9.17, 15) is 5.11 Å². The molecule has 4 heteroatoms. The minimum atomic E-state index is -0.123. The molecule has 2 aliphatic rings. The summed E-state index contributed by atoms with van der Waals surface area (Å²) in [5, 5.41) is 10.0. The lowest BCUT2D eigenvalue weighted by Crippen LogP contribution is -2.51. The van der Waals surface area contributed by atoms with Gasteiger partial charge in [0.15, 0.2) is 0 Å². The summed E-state index contributed by atoms with van der Waals surface area (Å²) in [6.45, 7) is 2.16. The fourth-order valence-corrected chi connectivity index (χ4v) is 4.43. The van der Waals surface area contributed by atoms with E-state index in [4.69, 9.17) is 5.73 Å². The third kappa shape index (κ3) is 3.04. The van der Waals surface area contributed by atoms with Crippen molar-refractivity contribution in [3.8, 4) is 0 Å². The maximum Gasteiger partial charge on any atom is 0.0570 e. The quantitative estimate of drug-likeness (QED) is 0.874. The average Bonchev–Trinajstić information content (AvgIpc) is 2.73. The highest BCUT2D eigenvalue weighted by Gasteiger charge is 2.45. The van der Waals surface area contributed by atoms with Crippen LogP contribution in [0.4, 0.5) is 0 Å². The monoisotopic (exact) mass is 352 g/mol. The van der Waals surface area contributed by atoms with Gasteiger partial charge in [-0.15, -0.1) is 0 Å². The Labute approximate surface area is 135 Å². The fraction of sp³-hybridized carbons (Fsp3) is 0.647. The molecule has 0 aliphatic carbocycles. The summed E-state index contributed by atoms with van der Waals surface area (Å²) in [5.74, 6) is 0. The molecular weight excluding hydrogens is 328 g/mol. The van der Waals surface area contributed by atoms with E-state index in [1.54, 1.807) is 0 Å². The molecular formula is C17H25BrN2O. The first kappa shape index (κ1) is 15.5. The Bertz CT molecular complexity index is 464. The van der Waals surface area contributed by atoms with E-state index in [-0.39, 0.29) is 18.2 Å². The maximum absolute atomic E-state index is 10.0. The van der Waals surface area contributed by atoms with Crippen molar-refractivity contribution in [2.45, 2.75) is 69.3 Å². The zero-order chi connectivity index (χ0) is 15.0. The number of nitrogens with two attached hydrogens (primary N) is 1. The van der Waals surface area contributed by atoms with Crippen LogP contribution < -0.4 is 5.73 Å². The van der Waals surface area contributed by atoms with Crippen LogP contribution in [0.3, 0.4) is 0 Å². The lowest BCUT2D eigenvalue weighted by atomic mass is 9.90. The van der Waals surface area contributed by atoms with Crippen molar-refractivity contribution in [2.24, 2.45) is 5.73 Å².